The summed E-state index contributed by atoms with van der Waals surface area (Å²) in [6.45, 7) is 4.81. The number of methoxy groups -OCH3 is 1. The van der Waals surface area contributed by atoms with Gasteiger partial charge in [-0.05, 0) is 20.8 Å². The fraction of sp³-hybridized carbons (Fsp3) is 1.00. The molecule has 2 unspecified atom stereocenters. The molecular formula is C7H16O3. The lowest BCUT2D eigenvalue weighted by molar-refractivity contribution is -0.110. The van der Waals surface area contributed by atoms with Crippen LogP contribution in [0.1, 0.15) is 20.8 Å². The molecule has 0 spiro atoms. The minimum atomic E-state index is -1.09. The molecule has 62 valence electrons. The number of hydrogen-bond donors (Lipinski definition) is 2. The third kappa shape index (κ3) is 2.64. The van der Waals surface area contributed by atoms with Crippen molar-refractivity contribution in [2.45, 2.75) is 38.6 Å². The Kier molecular flexibility index (Phi) is 3.28. The molecule has 0 rings (SSSR count). The Hall–Kier alpha value is -0.120. The van der Waals surface area contributed by atoms with Crippen LogP contribution in [0.25, 0.3) is 0 Å². The average Bonchev–Trinajstić information content (AvgIpc) is 1.83. The molecule has 0 aliphatic carbocycles. The maximum absolute atomic E-state index is 9.28. The second-order valence-corrected chi connectivity index (χ2v) is 3.04. The Balaban J connectivity index is 3.94. The fourth-order valence-corrected chi connectivity index (χ4v) is 0.703. The number of rotatable bonds is 3. The molecule has 0 aliphatic rings. The first-order valence-electron chi connectivity index (χ1n) is 3.33. The van der Waals surface area contributed by atoms with E-state index in [0.29, 0.717) is 0 Å². The van der Waals surface area contributed by atoms with Crippen LogP contribution in [-0.4, -0.2) is 35.1 Å². The zero-order valence-corrected chi connectivity index (χ0v) is 6.96. The van der Waals surface area contributed by atoms with Crippen LogP contribution in [0.2, 0.25) is 0 Å². The highest BCUT2D eigenvalue weighted by Gasteiger charge is 2.29. The van der Waals surface area contributed by atoms with Crippen LogP contribution in [0, 0.1) is 0 Å². The van der Waals surface area contributed by atoms with Crippen molar-refractivity contribution >= 4 is 0 Å². The smallest absolute Gasteiger partial charge is 0.108 e. The number of aliphatic hydroxyl groups excluding tert-OH is 1. The average molecular weight is 148 g/mol. The van der Waals surface area contributed by atoms with Crippen molar-refractivity contribution in [1.29, 1.82) is 0 Å². The lowest BCUT2D eigenvalue weighted by Gasteiger charge is -2.28. The molecule has 3 nitrogen and oxygen atoms in total. The van der Waals surface area contributed by atoms with Crippen molar-refractivity contribution in [3.63, 3.8) is 0 Å². The molecule has 2 atom stereocenters. The van der Waals surface area contributed by atoms with E-state index >= 15 is 0 Å². The highest BCUT2D eigenvalue weighted by atomic mass is 16.5. The van der Waals surface area contributed by atoms with Gasteiger partial charge >= 0.3 is 0 Å². The van der Waals surface area contributed by atoms with E-state index in [9.17, 15) is 10.2 Å². The van der Waals surface area contributed by atoms with Crippen molar-refractivity contribution in [3.05, 3.63) is 0 Å². The lowest BCUT2D eigenvalue weighted by atomic mass is 9.98. The summed E-state index contributed by atoms with van der Waals surface area (Å²) >= 11 is 0. The molecule has 0 bridgehead atoms. The van der Waals surface area contributed by atoms with Gasteiger partial charge in [0.2, 0.25) is 0 Å². The molecule has 0 aromatic heterocycles. The molecule has 0 aliphatic heterocycles. The van der Waals surface area contributed by atoms with Gasteiger partial charge in [0.15, 0.2) is 0 Å². The third-order valence-electron chi connectivity index (χ3n) is 1.54. The summed E-state index contributed by atoms with van der Waals surface area (Å²) in [7, 11) is 1.50. The van der Waals surface area contributed by atoms with Crippen molar-refractivity contribution < 1.29 is 14.9 Å². The summed E-state index contributed by atoms with van der Waals surface area (Å²) in [6, 6.07) is 0. The molecule has 0 radical (unpaired) electrons. The molecule has 3 heteroatoms. The Labute approximate surface area is 61.6 Å². The van der Waals surface area contributed by atoms with E-state index in [1.54, 1.807) is 20.8 Å². The Bertz CT molecular complexity index is 95.5. The van der Waals surface area contributed by atoms with E-state index in [-0.39, 0.29) is 6.10 Å². The molecule has 2 N–H and O–H groups in total. The van der Waals surface area contributed by atoms with Gasteiger partial charge in [0.1, 0.15) is 6.10 Å². The van der Waals surface area contributed by atoms with Crippen molar-refractivity contribution in [2.24, 2.45) is 0 Å². The van der Waals surface area contributed by atoms with E-state index in [0.717, 1.165) is 0 Å². The van der Waals surface area contributed by atoms with E-state index in [1.807, 2.05) is 0 Å². The summed E-state index contributed by atoms with van der Waals surface area (Å²) in [5.41, 5.74) is -1.09. The second-order valence-electron chi connectivity index (χ2n) is 3.04. The summed E-state index contributed by atoms with van der Waals surface area (Å²) in [5, 5.41) is 18.5. The van der Waals surface area contributed by atoms with Crippen LogP contribution < -0.4 is 0 Å². The zero-order valence-electron chi connectivity index (χ0n) is 6.96. The molecule has 0 aromatic rings. The predicted molar refractivity (Wildman–Crippen MR) is 38.8 cm³/mol. The minimum Gasteiger partial charge on any atom is -0.388 e. The van der Waals surface area contributed by atoms with Crippen LogP contribution in [-0.2, 0) is 4.74 Å². The summed E-state index contributed by atoms with van der Waals surface area (Å²) < 4.78 is 4.83. The monoisotopic (exact) mass is 148 g/mol. The van der Waals surface area contributed by atoms with Crippen LogP contribution in [0.3, 0.4) is 0 Å². The maximum atomic E-state index is 9.28. The van der Waals surface area contributed by atoms with Crippen LogP contribution in [0.15, 0.2) is 0 Å². The van der Waals surface area contributed by atoms with Gasteiger partial charge in [0, 0.05) is 7.11 Å². The van der Waals surface area contributed by atoms with E-state index < -0.39 is 11.7 Å². The first-order valence-corrected chi connectivity index (χ1v) is 3.33. The first-order chi connectivity index (χ1) is 4.39. The third-order valence-corrected chi connectivity index (χ3v) is 1.54. The molecule has 10 heavy (non-hydrogen) atoms. The normalized spacial score (nSPS) is 18.6. The molecule has 0 saturated heterocycles. The fourth-order valence-electron chi connectivity index (χ4n) is 0.703. The van der Waals surface area contributed by atoms with Gasteiger partial charge in [0.25, 0.3) is 0 Å². The second kappa shape index (κ2) is 3.32. The highest BCUT2D eigenvalue weighted by molar-refractivity contribution is 4.80. The van der Waals surface area contributed by atoms with Crippen molar-refractivity contribution in [3.8, 4) is 0 Å². The molecule has 0 saturated carbocycles. The summed E-state index contributed by atoms with van der Waals surface area (Å²) in [4.78, 5) is 0. The van der Waals surface area contributed by atoms with Gasteiger partial charge in [-0.15, -0.1) is 0 Å². The quantitative estimate of drug-likeness (QED) is 0.599. The molecule has 0 heterocycles. The standard InChI is InChI=1S/C7H16O3/c1-5(10-4)6(8)7(2,3)9/h5-6,8-9H,1-4H3. The van der Waals surface area contributed by atoms with Crippen molar-refractivity contribution in [1.82, 2.24) is 0 Å². The number of hydrogen-bond acceptors (Lipinski definition) is 3. The lowest BCUT2D eigenvalue weighted by Crippen LogP contribution is -2.44. The highest BCUT2D eigenvalue weighted by Crippen LogP contribution is 2.13. The van der Waals surface area contributed by atoms with Crippen LogP contribution >= 0.6 is 0 Å². The largest absolute Gasteiger partial charge is 0.388 e. The number of aliphatic hydroxyl groups is 2. The Morgan fingerprint density at radius 2 is 1.80 bits per heavy atom. The summed E-state index contributed by atoms with van der Waals surface area (Å²) in [6.07, 6.45) is -1.17. The van der Waals surface area contributed by atoms with Crippen LogP contribution in [0.5, 0.6) is 0 Å². The molecule has 0 amide bonds. The number of ether oxygens (including phenoxy) is 1. The van der Waals surface area contributed by atoms with Crippen LogP contribution in [0.4, 0.5) is 0 Å². The zero-order chi connectivity index (χ0) is 8.36. The Morgan fingerprint density at radius 3 is 1.90 bits per heavy atom. The van der Waals surface area contributed by atoms with Gasteiger partial charge in [-0.25, -0.2) is 0 Å². The van der Waals surface area contributed by atoms with Gasteiger partial charge in [-0.1, -0.05) is 0 Å². The topological polar surface area (TPSA) is 49.7 Å². The van der Waals surface area contributed by atoms with Gasteiger partial charge in [-0.3, -0.25) is 0 Å². The summed E-state index contributed by atoms with van der Waals surface area (Å²) in [5.74, 6) is 0. The van der Waals surface area contributed by atoms with E-state index in [2.05, 4.69) is 0 Å². The molecule has 0 fully saturated rings. The first kappa shape index (κ1) is 9.88. The van der Waals surface area contributed by atoms with Gasteiger partial charge < -0.3 is 14.9 Å². The predicted octanol–water partition coefficient (Wildman–Crippen LogP) is 0.153. The van der Waals surface area contributed by atoms with E-state index in [4.69, 9.17) is 4.74 Å². The Morgan fingerprint density at radius 1 is 1.40 bits per heavy atom. The molecule has 0 aromatic carbocycles. The molecular weight excluding hydrogens is 132 g/mol. The minimum absolute atomic E-state index is 0.333. The maximum Gasteiger partial charge on any atom is 0.108 e. The van der Waals surface area contributed by atoms with Crippen molar-refractivity contribution in [2.75, 3.05) is 7.11 Å². The van der Waals surface area contributed by atoms with Gasteiger partial charge in [-0.2, -0.15) is 0 Å². The van der Waals surface area contributed by atoms with E-state index in [1.165, 1.54) is 7.11 Å². The van der Waals surface area contributed by atoms with Gasteiger partial charge in [0.05, 0.1) is 11.7 Å². The SMILES string of the molecule is COC(C)C(O)C(C)(C)O.